The molecule has 6 heteroatoms. The Balaban J connectivity index is 0. The molecule has 0 fully saturated rings. The monoisotopic (exact) mass is 196 g/mol. The maximum atomic E-state index is 9.00. The van der Waals surface area contributed by atoms with Crippen LogP contribution in [0.1, 0.15) is 6.92 Å². The highest BCUT2D eigenvalue weighted by Crippen LogP contribution is 2.02. The van der Waals surface area contributed by atoms with E-state index in [1.807, 2.05) is 5.38 Å². The number of nitrogen functional groups attached to an aromatic ring is 1. The van der Waals surface area contributed by atoms with Crippen molar-refractivity contribution < 1.29 is 9.90 Å². The highest BCUT2D eigenvalue weighted by atomic mass is 35.5. The second kappa shape index (κ2) is 7.30. The minimum atomic E-state index is -0.833. The van der Waals surface area contributed by atoms with Gasteiger partial charge in [-0.15, -0.1) is 23.7 Å². The molecule has 0 aliphatic heterocycles. The number of thiazole rings is 1. The summed E-state index contributed by atoms with van der Waals surface area (Å²) in [7, 11) is 0. The number of halogens is 1. The van der Waals surface area contributed by atoms with Gasteiger partial charge >= 0.3 is 0 Å². The third-order valence-corrected chi connectivity index (χ3v) is 1.06. The van der Waals surface area contributed by atoms with Crippen molar-refractivity contribution in [3.05, 3.63) is 11.6 Å². The van der Waals surface area contributed by atoms with E-state index >= 15 is 0 Å². The topological polar surface area (TPSA) is 76.2 Å². The maximum Gasteiger partial charge on any atom is 0.300 e. The van der Waals surface area contributed by atoms with Crippen LogP contribution in [0.15, 0.2) is 11.6 Å². The van der Waals surface area contributed by atoms with Gasteiger partial charge in [0.15, 0.2) is 5.13 Å². The second-order valence-electron chi connectivity index (χ2n) is 1.39. The van der Waals surface area contributed by atoms with Crippen molar-refractivity contribution in [1.82, 2.24) is 4.98 Å². The van der Waals surface area contributed by atoms with Crippen molar-refractivity contribution in [3.63, 3.8) is 0 Å². The number of carboxylic acid groups (broad SMARTS) is 1. The molecule has 0 spiro atoms. The fourth-order valence-corrected chi connectivity index (χ4v) is 0.617. The third kappa shape index (κ3) is 12.4. The first-order valence-electron chi connectivity index (χ1n) is 2.47. The highest BCUT2D eigenvalue weighted by molar-refractivity contribution is 7.13. The molecule has 11 heavy (non-hydrogen) atoms. The largest absolute Gasteiger partial charge is 0.481 e. The molecular formula is C5H9ClN2O2S. The Bertz CT molecular complexity index is 186. The van der Waals surface area contributed by atoms with Gasteiger partial charge in [-0.05, 0) is 0 Å². The van der Waals surface area contributed by atoms with Crippen molar-refractivity contribution in [2.75, 3.05) is 5.73 Å². The van der Waals surface area contributed by atoms with Gasteiger partial charge in [-0.3, -0.25) is 4.79 Å². The van der Waals surface area contributed by atoms with Crippen LogP contribution in [-0.4, -0.2) is 16.1 Å². The molecule has 0 atom stereocenters. The molecule has 0 aromatic carbocycles. The van der Waals surface area contributed by atoms with Crippen molar-refractivity contribution in [1.29, 1.82) is 0 Å². The van der Waals surface area contributed by atoms with Crippen LogP contribution < -0.4 is 5.73 Å². The lowest BCUT2D eigenvalue weighted by atomic mass is 10.9. The van der Waals surface area contributed by atoms with Crippen molar-refractivity contribution in [2.24, 2.45) is 0 Å². The average Bonchev–Trinajstić information content (AvgIpc) is 2.15. The molecule has 0 unspecified atom stereocenters. The van der Waals surface area contributed by atoms with Gasteiger partial charge in [0, 0.05) is 18.5 Å². The van der Waals surface area contributed by atoms with Gasteiger partial charge < -0.3 is 10.8 Å². The quantitative estimate of drug-likeness (QED) is 0.655. The summed E-state index contributed by atoms with van der Waals surface area (Å²) in [5, 5.41) is 9.89. The molecule has 0 aliphatic rings. The van der Waals surface area contributed by atoms with Crippen LogP contribution in [0.3, 0.4) is 0 Å². The van der Waals surface area contributed by atoms with Gasteiger partial charge in [0.2, 0.25) is 0 Å². The number of nitrogens with zero attached hydrogens (tertiary/aromatic N) is 1. The molecule has 0 radical (unpaired) electrons. The van der Waals surface area contributed by atoms with E-state index in [1.54, 1.807) is 6.20 Å². The zero-order valence-corrected chi connectivity index (χ0v) is 7.48. The van der Waals surface area contributed by atoms with E-state index < -0.39 is 5.97 Å². The van der Waals surface area contributed by atoms with Crippen molar-refractivity contribution in [2.45, 2.75) is 6.92 Å². The summed E-state index contributed by atoms with van der Waals surface area (Å²) in [6.45, 7) is 1.08. The predicted molar refractivity (Wildman–Crippen MR) is 47.1 cm³/mol. The summed E-state index contributed by atoms with van der Waals surface area (Å²) in [6.07, 6.45) is 1.68. The smallest absolute Gasteiger partial charge is 0.300 e. The van der Waals surface area contributed by atoms with Crippen LogP contribution in [0, 0.1) is 0 Å². The van der Waals surface area contributed by atoms with E-state index in [9.17, 15) is 0 Å². The molecule has 1 aromatic rings. The highest BCUT2D eigenvalue weighted by Gasteiger charge is 1.76. The lowest BCUT2D eigenvalue weighted by Gasteiger charge is -1.67. The molecule has 1 rings (SSSR count). The van der Waals surface area contributed by atoms with Crippen LogP contribution in [-0.2, 0) is 4.79 Å². The number of aliphatic carboxylic acids is 1. The summed E-state index contributed by atoms with van der Waals surface area (Å²) < 4.78 is 0. The normalized spacial score (nSPS) is 7.00. The molecule has 0 bridgehead atoms. The first-order valence-corrected chi connectivity index (χ1v) is 3.35. The predicted octanol–water partition coefficient (Wildman–Crippen LogP) is 1.24. The molecule has 4 nitrogen and oxygen atoms in total. The molecule has 1 aromatic heterocycles. The number of rotatable bonds is 0. The Kier molecular flexibility index (Phi) is 8.51. The third-order valence-electron chi connectivity index (χ3n) is 0.451. The molecule has 0 amide bonds. The fourth-order valence-electron chi connectivity index (χ4n) is 0.234. The second-order valence-corrected chi connectivity index (χ2v) is 2.32. The van der Waals surface area contributed by atoms with E-state index in [2.05, 4.69) is 4.98 Å². The molecule has 0 aliphatic carbocycles. The number of carbonyl (C=O) groups is 1. The molecule has 0 saturated heterocycles. The summed E-state index contributed by atoms with van der Waals surface area (Å²) >= 11 is 1.44. The van der Waals surface area contributed by atoms with Crippen LogP contribution in [0.2, 0.25) is 0 Å². The van der Waals surface area contributed by atoms with Crippen LogP contribution in [0.5, 0.6) is 0 Å². The van der Waals surface area contributed by atoms with Gasteiger partial charge in [-0.25, -0.2) is 4.98 Å². The van der Waals surface area contributed by atoms with Gasteiger partial charge in [0.05, 0.1) is 0 Å². The van der Waals surface area contributed by atoms with E-state index in [0.717, 1.165) is 6.92 Å². The maximum absolute atomic E-state index is 9.00. The molecular weight excluding hydrogens is 188 g/mol. The zero-order chi connectivity index (χ0) is 7.98. The van der Waals surface area contributed by atoms with E-state index in [4.69, 9.17) is 15.6 Å². The number of hydrogen-bond acceptors (Lipinski definition) is 4. The number of nitrogens with two attached hydrogens (primary N) is 1. The number of aromatic nitrogens is 1. The summed E-state index contributed by atoms with van der Waals surface area (Å²) in [5.74, 6) is -0.833. The van der Waals surface area contributed by atoms with E-state index in [1.165, 1.54) is 11.3 Å². The van der Waals surface area contributed by atoms with E-state index in [0.29, 0.717) is 5.13 Å². The Hall–Kier alpha value is -0.810. The molecule has 3 N–H and O–H groups in total. The van der Waals surface area contributed by atoms with Crippen LogP contribution >= 0.6 is 23.7 Å². The summed E-state index contributed by atoms with van der Waals surface area (Å²) in [6, 6.07) is 0. The fraction of sp³-hybridized carbons (Fsp3) is 0.200. The molecule has 64 valence electrons. The Morgan fingerprint density at radius 2 is 2.27 bits per heavy atom. The minimum absolute atomic E-state index is 0. The van der Waals surface area contributed by atoms with Gasteiger partial charge in [0.25, 0.3) is 5.97 Å². The molecule has 0 saturated carbocycles. The Morgan fingerprint density at radius 1 is 1.82 bits per heavy atom. The Labute approximate surface area is 74.5 Å². The number of carboxylic acids is 1. The summed E-state index contributed by atoms with van der Waals surface area (Å²) in [5.41, 5.74) is 5.19. The standard InChI is InChI=1S/C3H4N2S.C2H4O2.ClH/c4-3-5-1-2-6-3;1-2(3)4;/h1-2H,(H2,4,5);1H3,(H,3,4);1H. The van der Waals surface area contributed by atoms with Crippen LogP contribution in [0.4, 0.5) is 5.13 Å². The van der Waals surface area contributed by atoms with Gasteiger partial charge in [-0.1, -0.05) is 0 Å². The number of hydrogen-bond donors (Lipinski definition) is 2. The van der Waals surface area contributed by atoms with Crippen LogP contribution in [0.25, 0.3) is 0 Å². The van der Waals surface area contributed by atoms with Gasteiger partial charge in [-0.2, -0.15) is 0 Å². The van der Waals surface area contributed by atoms with Crippen molar-refractivity contribution >= 4 is 34.8 Å². The zero-order valence-electron chi connectivity index (χ0n) is 5.85. The lowest BCUT2D eigenvalue weighted by molar-refractivity contribution is -0.134. The lowest BCUT2D eigenvalue weighted by Crippen LogP contribution is -1.78. The van der Waals surface area contributed by atoms with Crippen molar-refractivity contribution in [3.8, 4) is 0 Å². The van der Waals surface area contributed by atoms with Gasteiger partial charge in [0.1, 0.15) is 0 Å². The Morgan fingerprint density at radius 3 is 2.36 bits per heavy atom. The SMILES string of the molecule is CC(=O)O.Cl.Nc1nccs1. The first-order chi connectivity index (χ1) is 4.63. The summed E-state index contributed by atoms with van der Waals surface area (Å²) in [4.78, 5) is 12.7. The molecule has 1 heterocycles. The van der Waals surface area contributed by atoms with E-state index in [-0.39, 0.29) is 12.4 Å². The number of anilines is 1. The minimum Gasteiger partial charge on any atom is -0.481 e. The first kappa shape index (κ1) is 12.8. The average molecular weight is 197 g/mol.